The minimum absolute atomic E-state index is 0.0194. The Morgan fingerprint density at radius 3 is 2.46 bits per heavy atom. The molecule has 0 radical (unpaired) electrons. The molecule has 1 saturated heterocycles. The topological polar surface area (TPSA) is 173 Å². The number of allylic oxidation sites excluding steroid dienone is 1. The van der Waals surface area contributed by atoms with E-state index in [1.54, 1.807) is 33.8 Å². The number of rotatable bonds is 8. The standard InChI is InChI=1S/C40H54FN5O8S.C2H6/c1-8-39(14-15-39)55(51,52)45-37(50)40-21-26(40)12-10-9-11-23(2)17-24(3)32(43-36(49)38(4,5)6)35(48)46-22-27(19-30(46)33(47)44-40)54-34-28-20-29(41)31(53-7)18-25(28)13-16-42-34;1-2/h10,12-13,16,18,20,23-24,26-27,30,32H,8-9,11,14-15,17,19,21-22H2,1-7H3,(H,43,49)(H,44,47)(H,45,50);1-2H3/b12-10-;/t23-,24-,26-,27-,30+,32+,40-;/m1./s1. The third-order valence-electron chi connectivity index (χ3n) is 11.9. The molecule has 13 nitrogen and oxygen atoms in total. The molecule has 15 heteroatoms. The summed E-state index contributed by atoms with van der Waals surface area (Å²) in [6.45, 7) is 15.0. The Kier molecular flexibility index (Phi) is 13.0. The summed E-state index contributed by atoms with van der Waals surface area (Å²) in [5.41, 5.74) is -2.36. The van der Waals surface area contributed by atoms with Crippen molar-refractivity contribution in [2.24, 2.45) is 23.2 Å². The molecule has 2 aliphatic carbocycles. The maximum atomic E-state index is 14.9. The Labute approximate surface area is 336 Å². The summed E-state index contributed by atoms with van der Waals surface area (Å²) < 4.78 is 54.5. The first-order valence-corrected chi connectivity index (χ1v) is 21.8. The molecular formula is C42H60FN5O8S. The first-order valence-electron chi connectivity index (χ1n) is 20.3. The maximum absolute atomic E-state index is 14.9. The molecule has 57 heavy (non-hydrogen) atoms. The molecule has 3 fully saturated rings. The molecule has 1 aromatic heterocycles. The number of methoxy groups -OCH3 is 1. The van der Waals surface area contributed by atoms with Crippen LogP contribution in [-0.2, 0) is 29.2 Å². The highest BCUT2D eigenvalue weighted by Crippen LogP contribution is 2.49. The minimum atomic E-state index is -4.02. The molecule has 2 saturated carbocycles. The van der Waals surface area contributed by atoms with E-state index in [1.165, 1.54) is 30.3 Å². The number of hydrogen-bond donors (Lipinski definition) is 3. The molecule has 3 heterocycles. The zero-order valence-electron chi connectivity index (χ0n) is 34.7. The largest absolute Gasteiger partial charge is 0.494 e. The fourth-order valence-electron chi connectivity index (χ4n) is 8.00. The SMILES string of the molecule is CC.CCC1(S(=O)(=O)NC(=O)[C@@]23C[C@H]2/C=C\CC[C@@H](C)C[C@@H](C)[C@H](NC(=O)C(C)(C)C)C(=O)N2C[C@H](Oc4nccc5cc(OC)c(F)cc45)C[C@H]2C(=O)N3)CC1. The van der Waals surface area contributed by atoms with Crippen LogP contribution in [-0.4, -0.2) is 84.1 Å². The van der Waals surface area contributed by atoms with Crippen molar-refractivity contribution in [1.82, 2.24) is 25.2 Å². The normalized spacial score (nSPS) is 29.2. The van der Waals surface area contributed by atoms with Crippen molar-refractivity contribution < 1.29 is 41.5 Å². The summed E-state index contributed by atoms with van der Waals surface area (Å²) in [7, 11) is -2.66. The van der Waals surface area contributed by atoms with Gasteiger partial charge in [0.1, 0.15) is 23.7 Å². The van der Waals surface area contributed by atoms with Crippen molar-refractivity contribution >= 4 is 44.4 Å². The third kappa shape index (κ3) is 9.08. The Hall–Kier alpha value is -4.27. The second kappa shape index (κ2) is 16.9. The Bertz CT molecular complexity index is 2000. The van der Waals surface area contributed by atoms with Gasteiger partial charge in [0.2, 0.25) is 33.6 Å². The van der Waals surface area contributed by atoms with E-state index < -0.39 is 73.4 Å². The van der Waals surface area contributed by atoms with Crippen molar-refractivity contribution in [2.45, 2.75) is 135 Å². The number of benzene rings is 1. The molecule has 3 N–H and O–H groups in total. The van der Waals surface area contributed by atoms with Crippen LogP contribution in [0.25, 0.3) is 10.8 Å². The molecule has 6 rings (SSSR count). The van der Waals surface area contributed by atoms with E-state index in [0.717, 1.165) is 6.42 Å². The van der Waals surface area contributed by atoms with E-state index in [9.17, 15) is 32.0 Å². The van der Waals surface area contributed by atoms with Gasteiger partial charge in [0.05, 0.1) is 18.4 Å². The van der Waals surface area contributed by atoms with E-state index in [4.69, 9.17) is 9.47 Å². The number of ether oxygens (including phenoxy) is 2. The van der Waals surface area contributed by atoms with Crippen molar-refractivity contribution in [3.8, 4) is 11.6 Å². The molecule has 314 valence electrons. The highest BCUT2D eigenvalue weighted by atomic mass is 32.2. The molecule has 2 aromatic rings. The number of nitrogens with one attached hydrogen (secondary N) is 3. The third-order valence-corrected chi connectivity index (χ3v) is 14.2. The number of hydrogen-bond acceptors (Lipinski definition) is 9. The number of pyridine rings is 1. The molecular weight excluding hydrogens is 754 g/mol. The van der Waals surface area contributed by atoms with Gasteiger partial charge in [-0.3, -0.25) is 23.9 Å². The number of aromatic nitrogens is 1. The van der Waals surface area contributed by atoms with Crippen molar-refractivity contribution in [1.29, 1.82) is 0 Å². The second-order valence-electron chi connectivity index (χ2n) is 17.1. The number of amides is 4. The number of carbonyl (C=O) groups excluding carboxylic acids is 4. The van der Waals surface area contributed by atoms with Crippen LogP contribution in [0, 0.1) is 29.0 Å². The van der Waals surface area contributed by atoms with Gasteiger partial charge in [-0.1, -0.05) is 67.5 Å². The fourth-order valence-corrected chi connectivity index (χ4v) is 9.66. The summed E-state index contributed by atoms with van der Waals surface area (Å²) in [5.74, 6) is -3.36. The molecule has 0 bridgehead atoms. The van der Waals surface area contributed by atoms with Gasteiger partial charge in [-0.15, -0.1) is 0 Å². The average Bonchev–Trinajstić information content (AvgIpc) is 4.07. The number of fused-ring (bicyclic) bond motifs is 3. The summed E-state index contributed by atoms with van der Waals surface area (Å²) >= 11 is 0. The van der Waals surface area contributed by atoms with Crippen LogP contribution in [0.5, 0.6) is 11.6 Å². The van der Waals surface area contributed by atoms with E-state index >= 15 is 0 Å². The van der Waals surface area contributed by atoms with E-state index in [-0.39, 0.29) is 48.8 Å². The van der Waals surface area contributed by atoms with Crippen LogP contribution in [0.1, 0.15) is 107 Å². The molecule has 0 unspecified atom stereocenters. The lowest BCUT2D eigenvalue weighted by Gasteiger charge is -2.34. The molecule has 2 aliphatic heterocycles. The molecule has 7 atom stereocenters. The average molecular weight is 814 g/mol. The van der Waals surface area contributed by atoms with Gasteiger partial charge in [-0.25, -0.2) is 17.8 Å². The van der Waals surface area contributed by atoms with E-state index in [1.807, 2.05) is 32.9 Å². The Balaban J connectivity index is 0.00000305. The fraction of sp³-hybridized carbons (Fsp3) is 0.643. The lowest BCUT2D eigenvalue weighted by Crippen LogP contribution is -2.60. The van der Waals surface area contributed by atoms with Gasteiger partial charge in [0.25, 0.3) is 5.91 Å². The Morgan fingerprint density at radius 2 is 1.82 bits per heavy atom. The lowest BCUT2D eigenvalue weighted by atomic mass is 9.86. The summed E-state index contributed by atoms with van der Waals surface area (Å²) in [5, 5.41) is 6.84. The van der Waals surface area contributed by atoms with Crippen LogP contribution in [0.15, 0.2) is 36.5 Å². The monoisotopic (exact) mass is 813 g/mol. The van der Waals surface area contributed by atoms with Crippen LogP contribution in [0.4, 0.5) is 4.39 Å². The van der Waals surface area contributed by atoms with Crippen LogP contribution in [0.2, 0.25) is 0 Å². The van der Waals surface area contributed by atoms with Crippen molar-refractivity contribution in [3.63, 3.8) is 0 Å². The lowest BCUT2D eigenvalue weighted by molar-refractivity contribution is -0.144. The van der Waals surface area contributed by atoms with Gasteiger partial charge in [0, 0.05) is 29.3 Å². The predicted octanol–water partition coefficient (Wildman–Crippen LogP) is 5.56. The minimum Gasteiger partial charge on any atom is -0.494 e. The van der Waals surface area contributed by atoms with E-state index in [2.05, 4.69) is 27.3 Å². The molecule has 0 spiro atoms. The first kappa shape index (κ1) is 43.8. The first-order chi connectivity index (χ1) is 26.8. The zero-order chi connectivity index (χ0) is 42.1. The van der Waals surface area contributed by atoms with Gasteiger partial charge < -0.3 is 25.0 Å². The van der Waals surface area contributed by atoms with Crippen LogP contribution >= 0.6 is 0 Å². The van der Waals surface area contributed by atoms with E-state index in [0.29, 0.717) is 42.9 Å². The highest BCUT2D eigenvalue weighted by molar-refractivity contribution is 7.91. The van der Waals surface area contributed by atoms with Gasteiger partial charge in [-0.2, -0.15) is 0 Å². The van der Waals surface area contributed by atoms with Crippen LogP contribution in [0.3, 0.4) is 0 Å². The molecule has 4 amide bonds. The summed E-state index contributed by atoms with van der Waals surface area (Å²) in [6.07, 6.45) is 8.01. The van der Waals surface area contributed by atoms with Gasteiger partial charge >= 0.3 is 0 Å². The van der Waals surface area contributed by atoms with Crippen LogP contribution < -0.4 is 24.8 Å². The summed E-state index contributed by atoms with van der Waals surface area (Å²) in [6, 6.07) is 2.31. The Morgan fingerprint density at radius 1 is 1.12 bits per heavy atom. The van der Waals surface area contributed by atoms with Gasteiger partial charge in [0.15, 0.2) is 11.6 Å². The maximum Gasteiger partial charge on any atom is 0.259 e. The number of nitrogens with zero attached hydrogens (tertiary/aromatic N) is 2. The van der Waals surface area contributed by atoms with Crippen molar-refractivity contribution in [2.75, 3.05) is 13.7 Å². The molecule has 1 aromatic carbocycles. The number of sulfonamides is 1. The number of carbonyl (C=O) groups is 4. The zero-order valence-corrected chi connectivity index (χ0v) is 35.6. The predicted molar refractivity (Wildman–Crippen MR) is 215 cm³/mol. The van der Waals surface area contributed by atoms with Gasteiger partial charge in [-0.05, 0) is 80.4 Å². The quantitative estimate of drug-likeness (QED) is 0.289. The van der Waals surface area contributed by atoms with Crippen molar-refractivity contribution in [3.05, 3.63) is 42.4 Å². The molecule has 4 aliphatic rings. The second-order valence-corrected chi connectivity index (χ2v) is 19.2. The number of halogens is 1. The highest BCUT2D eigenvalue weighted by Gasteiger charge is 2.63. The summed E-state index contributed by atoms with van der Waals surface area (Å²) in [4.78, 5) is 62.5. The smallest absolute Gasteiger partial charge is 0.259 e.